The Morgan fingerprint density at radius 2 is 1.95 bits per heavy atom. The molecule has 0 radical (unpaired) electrons. The first kappa shape index (κ1) is 29.5. The van der Waals surface area contributed by atoms with Gasteiger partial charge in [-0.25, -0.2) is 13.1 Å². The molecular formula is C33H41ClN2O5S. The first-order valence-corrected chi connectivity index (χ1v) is 17.2. The lowest BCUT2D eigenvalue weighted by molar-refractivity contribution is 0.0130. The van der Waals surface area contributed by atoms with Crippen LogP contribution in [0.2, 0.25) is 5.02 Å². The van der Waals surface area contributed by atoms with Gasteiger partial charge in [0.1, 0.15) is 5.75 Å². The molecule has 6 rings (SSSR count). The molecule has 9 heteroatoms. The molecular weight excluding hydrogens is 572 g/mol. The summed E-state index contributed by atoms with van der Waals surface area (Å²) in [5.41, 5.74) is 3.48. The van der Waals surface area contributed by atoms with Crippen molar-refractivity contribution in [2.45, 2.75) is 57.5 Å². The van der Waals surface area contributed by atoms with Gasteiger partial charge in [-0.2, -0.15) is 0 Å². The van der Waals surface area contributed by atoms with Gasteiger partial charge in [-0.3, -0.25) is 4.79 Å². The summed E-state index contributed by atoms with van der Waals surface area (Å²) in [6.45, 7) is 5.99. The topological polar surface area (TPSA) is 84.9 Å². The summed E-state index contributed by atoms with van der Waals surface area (Å²) in [4.78, 5) is 15.7. The number of nitrogens with zero attached hydrogens (tertiary/aromatic N) is 1. The Hall–Kier alpha value is -2.55. The number of carbonyl (C=O) groups is 1. The van der Waals surface area contributed by atoms with Gasteiger partial charge in [-0.05, 0) is 97.2 Å². The number of sulfonamides is 1. The van der Waals surface area contributed by atoms with E-state index in [1.807, 2.05) is 32.0 Å². The second-order valence-electron chi connectivity index (χ2n) is 12.9. The molecule has 42 heavy (non-hydrogen) atoms. The zero-order valence-corrected chi connectivity index (χ0v) is 26.2. The van der Waals surface area contributed by atoms with E-state index in [2.05, 4.69) is 33.9 Å². The number of allylic oxidation sites excluding steroid dienone is 1. The van der Waals surface area contributed by atoms with Gasteiger partial charge in [0.25, 0.3) is 5.91 Å². The monoisotopic (exact) mass is 612 g/mol. The predicted octanol–water partition coefficient (Wildman–Crippen LogP) is 5.76. The van der Waals surface area contributed by atoms with Gasteiger partial charge < -0.3 is 14.4 Å². The van der Waals surface area contributed by atoms with E-state index < -0.39 is 15.9 Å². The van der Waals surface area contributed by atoms with Crippen LogP contribution in [-0.2, 0) is 26.6 Å². The summed E-state index contributed by atoms with van der Waals surface area (Å²) in [5, 5.41) is 0.749. The number of aryl methyl sites for hydroxylation is 1. The van der Waals surface area contributed by atoms with Gasteiger partial charge in [0.15, 0.2) is 0 Å². The van der Waals surface area contributed by atoms with Crippen LogP contribution >= 0.6 is 11.6 Å². The molecule has 2 aliphatic heterocycles. The number of rotatable bonds is 1. The minimum absolute atomic E-state index is 0.00846. The number of anilines is 1. The smallest absolute Gasteiger partial charge is 0.264 e. The van der Waals surface area contributed by atoms with E-state index in [-0.39, 0.29) is 29.1 Å². The Morgan fingerprint density at radius 1 is 1.12 bits per heavy atom. The summed E-state index contributed by atoms with van der Waals surface area (Å²) >= 11 is 6.40. The molecule has 1 N–H and O–H groups in total. The third kappa shape index (κ3) is 5.70. The standard InChI is InChI=1S/C33H41ClN2O5S/c1-21-6-12-30(40-3)27-10-7-25(27)17-36-19-33(14-4-5-23-15-26(34)9-11-28(23)33)20-41-31-13-8-24(16-29(31)36)32(37)35-42(38,39)18-22(21)2/h6,8-9,11-13,15-16,21-22,25,27,30H,4-5,7,10,14,17-20H2,1-3H3,(H,35,37)/b12-6-/t21-,22+,25-,27+,30+,33-/m0/s1. The number of fused-ring (bicyclic) bond motifs is 4. The highest BCUT2D eigenvalue weighted by Crippen LogP contribution is 2.47. The van der Waals surface area contributed by atoms with Crippen LogP contribution in [0.4, 0.5) is 5.69 Å². The van der Waals surface area contributed by atoms with E-state index in [0.717, 1.165) is 61.7 Å². The quantitative estimate of drug-likeness (QED) is 0.413. The molecule has 0 saturated heterocycles. The van der Waals surface area contributed by atoms with Crippen LogP contribution in [0.1, 0.15) is 61.0 Å². The van der Waals surface area contributed by atoms with E-state index in [9.17, 15) is 13.2 Å². The van der Waals surface area contributed by atoms with Crippen LogP contribution in [0.3, 0.4) is 0 Å². The molecule has 226 valence electrons. The van der Waals surface area contributed by atoms with Gasteiger partial charge in [-0.1, -0.05) is 43.7 Å². The van der Waals surface area contributed by atoms with E-state index >= 15 is 0 Å². The first-order valence-electron chi connectivity index (χ1n) is 15.1. The van der Waals surface area contributed by atoms with E-state index in [1.54, 1.807) is 13.2 Å². The molecule has 6 atom stereocenters. The van der Waals surface area contributed by atoms with Crippen molar-refractivity contribution >= 4 is 33.2 Å². The Balaban J connectivity index is 1.43. The minimum Gasteiger partial charge on any atom is -0.490 e. The number of hydrogen-bond acceptors (Lipinski definition) is 6. The predicted molar refractivity (Wildman–Crippen MR) is 166 cm³/mol. The Kier molecular flexibility index (Phi) is 8.09. The number of halogens is 1. The molecule has 7 nitrogen and oxygen atoms in total. The molecule has 0 aromatic heterocycles. The number of ether oxygens (including phenoxy) is 2. The Bertz CT molecular complexity index is 1490. The van der Waals surface area contributed by atoms with Gasteiger partial charge in [-0.15, -0.1) is 0 Å². The van der Waals surface area contributed by atoms with Crippen LogP contribution in [0, 0.1) is 23.7 Å². The average Bonchev–Trinajstić information content (AvgIpc) is 3.08. The first-order chi connectivity index (χ1) is 20.1. The summed E-state index contributed by atoms with van der Waals surface area (Å²) in [7, 11) is -2.08. The number of nitrogens with one attached hydrogen (secondary N) is 1. The fraction of sp³-hybridized carbons (Fsp3) is 0.545. The van der Waals surface area contributed by atoms with Crippen LogP contribution < -0.4 is 14.4 Å². The van der Waals surface area contributed by atoms with Crippen molar-refractivity contribution in [1.29, 1.82) is 0 Å². The summed E-state index contributed by atoms with van der Waals surface area (Å²) in [6, 6.07) is 11.5. The second kappa shape index (κ2) is 11.5. The average molecular weight is 613 g/mol. The summed E-state index contributed by atoms with van der Waals surface area (Å²) in [5.74, 6) is 0.573. The van der Waals surface area contributed by atoms with Crippen molar-refractivity contribution in [3.8, 4) is 5.75 Å². The third-order valence-corrected chi connectivity index (χ3v) is 11.9. The number of hydrogen-bond donors (Lipinski definition) is 1. The van der Waals surface area contributed by atoms with Crippen molar-refractivity contribution in [2.24, 2.45) is 23.7 Å². The van der Waals surface area contributed by atoms with E-state index in [4.69, 9.17) is 21.1 Å². The number of benzene rings is 2. The fourth-order valence-corrected chi connectivity index (χ4v) is 9.08. The normalized spacial score (nSPS) is 33.3. The molecule has 4 aliphatic rings. The highest BCUT2D eigenvalue weighted by atomic mass is 35.5. The number of amides is 1. The van der Waals surface area contributed by atoms with Crippen molar-refractivity contribution < 1.29 is 22.7 Å². The minimum atomic E-state index is -3.84. The molecule has 1 spiro atoms. The summed E-state index contributed by atoms with van der Waals surface area (Å²) in [6.07, 6.45) is 9.38. The van der Waals surface area contributed by atoms with Crippen LogP contribution in [0.25, 0.3) is 0 Å². The van der Waals surface area contributed by atoms with Gasteiger partial charge in [0.2, 0.25) is 10.0 Å². The summed E-state index contributed by atoms with van der Waals surface area (Å²) < 4.78 is 40.9. The van der Waals surface area contributed by atoms with Crippen LogP contribution in [0.5, 0.6) is 5.75 Å². The Labute approximate surface area is 254 Å². The maximum Gasteiger partial charge on any atom is 0.264 e. The van der Waals surface area contributed by atoms with Gasteiger partial charge in [0, 0.05) is 36.2 Å². The van der Waals surface area contributed by atoms with Gasteiger partial charge >= 0.3 is 0 Å². The van der Waals surface area contributed by atoms with Crippen molar-refractivity contribution in [1.82, 2.24) is 4.72 Å². The highest BCUT2D eigenvalue weighted by molar-refractivity contribution is 7.90. The second-order valence-corrected chi connectivity index (χ2v) is 15.1. The van der Waals surface area contributed by atoms with Gasteiger partial charge in [0.05, 0.1) is 24.2 Å². The lowest BCUT2D eigenvalue weighted by atomic mass is 9.68. The SMILES string of the molecule is CO[C@@H]1/C=C\[C@H](C)[C@H](C)CS(=O)(=O)NC(=O)c2ccc3c(c2)N(C[C@@H]2CC[C@H]21)C[C@@]1(CCCc2cc(Cl)ccc21)CO3. The van der Waals surface area contributed by atoms with E-state index in [1.165, 1.54) is 11.1 Å². The molecule has 2 bridgehead atoms. The number of carbonyl (C=O) groups excluding carboxylic acids is 1. The largest absolute Gasteiger partial charge is 0.490 e. The zero-order chi connectivity index (χ0) is 29.6. The van der Waals surface area contributed by atoms with Crippen molar-refractivity contribution in [2.75, 3.05) is 37.5 Å². The molecule has 2 aromatic carbocycles. The van der Waals surface area contributed by atoms with Crippen LogP contribution in [0.15, 0.2) is 48.6 Å². The lowest BCUT2D eigenvalue weighted by Crippen LogP contribution is -2.49. The maximum absolute atomic E-state index is 13.3. The number of methoxy groups -OCH3 is 1. The molecule has 1 amide bonds. The van der Waals surface area contributed by atoms with E-state index in [0.29, 0.717) is 24.0 Å². The van der Waals surface area contributed by atoms with Crippen molar-refractivity contribution in [3.63, 3.8) is 0 Å². The molecule has 1 saturated carbocycles. The van der Waals surface area contributed by atoms with Crippen LogP contribution in [-0.4, -0.2) is 53.0 Å². The highest BCUT2D eigenvalue weighted by Gasteiger charge is 2.44. The lowest BCUT2D eigenvalue weighted by Gasteiger charge is -2.46. The Morgan fingerprint density at radius 3 is 2.71 bits per heavy atom. The molecule has 2 heterocycles. The molecule has 2 aliphatic carbocycles. The zero-order valence-electron chi connectivity index (χ0n) is 24.6. The molecule has 1 fully saturated rings. The molecule has 2 aromatic rings. The maximum atomic E-state index is 13.3. The molecule has 0 unspecified atom stereocenters. The third-order valence-electron chi connectivity index (χ3n) is 10.2. The fourth-order valence-electron chi connectivity index (χ4n) is 7.40. The van der Waals surface area contributed by atoms with Crippen molar-refractivity contribution in [3.05, 3.63) is 70.3 Å².